The Kier molecular flexibility index (Phi) is 2.74. The van der Waals surface area contributed by atoms with Crippen LogP contribution in [0.5, 0.6) is 0 Å². The van der Waals surface area contributed by atoms with Crippen molar-refractivity contribution in [3.63, 3.8) is 0 Å². The lowest BCUT2D eigenvalue weighted by molar-refractivity contribution is 0.111. The highest BCUT2D eigenvalue weighted by molar-refractivity contribution is 7.12. The highest BCUT2D eigenvalue weighted by atomic mass is 32.1. The maximum atomic E-state index is 10.8. The average Bonchev–Trinajstić information content (AvgIpc) is 2.77. The second-order valence-corrected chi connectivity index (χ2v) is 4.00. The Morgan fingerprint density at radius 2 is 1.87 bits per heavy atom. The Hall–Kier alpha value is -1.74. The van der Waals surface area contributed by atoms with Crippen molar-refractivity contribution in [3.05, 3.63) is 46.2 Å². The Morgan fingerprint density at radius 3 is 2.53 bits per heavy atom. The summed E-state index contributed by atoms with van der Waals surface area (Å²) in [5.74, 6) is 0. The zero-order chi connectivity index (χ0) is 10.7. The first-order valence-corrected chi connectivity index (χ1v) is 5.31. The lowest BCUT2D eigenvalue weighted by Gasteiger charge is -2.00. The van der Waals surface area contributed by atoms with Crippen LogP contribution in [0.15, 0.2) is 35.7 Å². The fourth-order valence-electron chi connectivity index (χ4n) is 1.42. The van der Waals surface area contributed by atoms with Gasteiger partial charge in [0.2, 0.25) is 0 Å². The summed E-state index contributed by atoms with van der Waals surface area (Å²) in [5.41, 5.74) is 2.44. The van der Waals surface area contributed by atoms with Gasteiger partial charge in [0.05, 0.1) is 4.88 Å². The van der Waals surface area contributed by atoms with E-state index < -0.39 is 0 Å². The van der Waals surface area contributed by atoms with Gasteiger partial charge in [-0.3, -0.25) is 9.59 Å². The van der Waals surface area contributed by atoms with Crippen LogP contribution in [0.1, 0.15) is 20.0 Å². The molecule has 1 aromatic carbocycles. The molecule has 2 nitrogen and oxygen atoms in total. The quantitative estimate of drug-likeness (QED) is 0.739. The maximum Gasteiger partial charge on any atom is 0.160 e. The van der Waals surface area contributed by atoms with Crippen LogP contribution in [-0.4, -0.2) is 12.6 Å². The third-order valence-electron chi connectivity index (χ3n) is 2.13. The van der Waals surface area contributed by atoms with Crippen molar-refractivity contribution in [2.45, 2.75) is 0 Å². The summed E-state index contributed by atoms with van der Waals surface area (Å²) >= 11 is 1.38. The van der Waals surface area contributed by atoms with Crippen LogP contribution in [0.3, 0.4) is 0 Å². The zero-order valence-corrected chi connectivity index (χ0v) is 8.66. The van der Waals surface area contributed by atoms with Gasteiger partial charge >= 0.3 is 0 Å². The molecule has 0 spiro atoms. The number of hydrogen-bond donors (Lipinski definition) is 0. The number of aldehydes is 2. The summed E-state index contributed by atoms with van der Waals surface area (Å²) in [6, 6.07) is 9.13. The SMILES string of the molecule is O=Cc1cc(-c2ccccc2C=O)cs1. The number of thiophene rings is 1. The molecule has 74 valence electrons. The molecule has 2 aromatic rings. The monoisotopic (exact) mass is 216 g/mol. The Labute approximate surface area is 91.2 Å². The molecule has 0 atom stereocenters. The van der Waals surface area contributed by atoms with Gasteiger partial charge in [-0.25, -0.2) is 0 Å². The molecule has 0 saturated carbocycles. The van der Waals surface area contributed by atoms with Crippen molar-refractivity contribution >= 4 is 23.9 Å². The maximum absolute atomic E-state index is 10.8. The van der Waals surface area contributed by atoms with E-state index in [2.05, 4.69) is 0 Å². The summed E-state index contributed by atoms with van der Waals surface area (Å²) in [6.07, 6.45) is 1.64. The van der Waals surface area contributed by atoms with Crippen LogP contribution in [0.4, 0.5) is 0 Å². The van der Waals surface area contributed by atoms with Crippen LogP contribution >= 0.6 is 11.3 Å². The molecule has 1 aromatic heterocycles. The van der Waals surface area contributed by atoms with Gasteiger partial charge < -0.3 is 0 Å². The van der Waals surface area contributed by atoms with Gasteiger partial charge in [0, 0.05) is 5.56 Å². The number of carbonyl (C=O) groups excluding carboxylic acids is 2. The molecule has 15 heavy (non-hydrogen) atoms. The van der Waals surface area contributed by atoms with E-state index in [0.717, 1.165) is 23.7 Å². The van der Waals surface area contributed by atoms with E-state index >= 15 is 0 Å². The molecular formula is C12H8O2S. The first-order valence-electron chi connectivity index (χ1n) is 4.43. The van der Waals surface area contributed by atoms with Crippen LogP contribution in [0.25, 0.3) is 11.1 Å². The van der Waals surface area contributed by atoms with E-state index in [1.165, 1.54) is 11.3 Å². The molecule has 0 fully saturated rings. The van der Waals surface area contributed by atoms with E-state index in [0.29, 0.717) is 10.4 Å². The van der Waals surface area contributed by atoms with Crippen LogP contribution in [0.2, 0.25) is 0 Å². The third kappa shape index (κ3) is 1.87. The highest BCUT2D eigenvalue weighted by Gasteiger charge is 2.05. The van der Waals surface area contributed by atoms with Gasteiger partial charge in [-0.1, -0.05) is 24.3 Å². The standard InChI is InChI=1S/C12H8O2S/c13-6-9-3-1-2-4-12(9)10-5-11(7-14)15-8-10/h1-8H. The van der Waals surface area contributed by atoms with E-state index in [1.807, 2.05) is 23.6 Å². The number of benzene rings is 1. The molecule has 3 heteroatoms. The Balaban J connectivity index is 2.52. The van der Waals surface area contributed by atoms with Crippen molar-refractivity contribution < 1.29 is 9.59 Å². The Morgan fingerprint density at radius 1 is 1.07 bits per heavy atom. The topological polar surface area (TPSA) is 34.1 Å². The van der Waals surface area contributed by atoms with Crippen molar-refractivity contribution in [2.75, 3.05) is 0 Å². The van der Waals surface area contributed by atoms with E-state index in [-0.39, 0.29) is 0 Å². The van der Waals surface area contributed by atoms with Gasteiger partial charge in [-0.05, 0) is 22.6 Å². The molecule has 0 aliphatic heterocycles. The Bertz CT molecular complexity index is 500. The van der Waals surface area contributed by atoms with Gasteiger partial charge in [-0.2, -0.15) is 0 Å². The summed E-state index contributed by atoms with van der Waals surface area (Å²) in [7, 11) is 0. The molecular weight excluding hydrogens is 208 g/mol. The largest absolute Gasteiger partial charge is 0.298 e. The van der Waals surface area contributed by atoms with Crippen molar-refractivity contribution in [3.8, 4) is 11.1 Å². The molecule has 0 aliphatic carbocycles. The first-order chi connectivity index (χ1) is 7.35. The molecule has 0 amide bonds. The zero-order valence-electron chi connectivity index (χ0n) is 7.84. The minimum absolute atomic E-state index is 0.646. The first kappa shape index (κ1) is 9.80. The van der Waals surface area contributed by atoms with Crippen molar-refractivity contribution in [2.24, 2.45) is 0 Å². The minimum atomic E-state index is 0.646. The number of hydrogen-bond acceptors (Lipinski definition) is 3. The normalized spacial score (nSPS) is 9.87. The highest BCUT2D eigenvalue weighted by Crippen LogP contribution is 2.26. The molecule has 0 unspecified atom stereocenters. The van der Waals surface area contributed by atoms with Gasteiger partial charge in [0.25, 0.3) is 0 Å². The summed E-state index contributed by atoms with van der Waals surface area (Å²) in [4.78, 5) is 22.0. The van der Waals surface area contributed by atoms with Crippen molar-refractivity contribution in [1.82, 2.24) is 0 Å². The van der Waals surface area contributed by atoms with Gasteiger partial charge in [0.1, 0.15) is 0 Å². The molecule has 0 N–H and O–H groups in total. The predicted molar refractivity (Wildman–Crippen MR) is 60.5 cm³/mol. The van der Waals surface area contributed by atoms with Crippen LogP contribution in [-0.2, 0) is 0 Å². The second-order valence-electron chi connectivity index (χ2n) is 3.06. The van der Waals surface area contributed by atoms with E-state index in [4.69, 9.17) is 0 Å². The van der Waals surface area contributed by atoms with E-state index in [9.17, 15) is 9.59 Å². The molecule has 2 rings (SSSR count). The van der Waals surface area contributed by atoms with Gasteiger partial charge in [0.15, 0.2) is 12.6 Å². The fraction of sp³-hybridized carbons (Fsp3) is 0. The average molecular weight is 216 g/mol. The summed E-state index contributed by atoms with van der Waals surface area (Å²) < 4.78 is 0. The molecule has 0 saturated heterocycles. The fourth-order valence-corrected chi connectivity index (χ4v) is 2.13. The molecule has 0 radical (unpaired) electrons. The van der Waals surface area contributed by atoms with Crippen LogP contribution in [0, 0.1) is 0 Å². The predicted octanol–water partition coefficient (Wildman–Crippen LogP) is 3.04. The van der Waals surface area contributed by atoms with E-state index in [1.54, 1.807) is 12.1 Å². The van der Waals surface area contributed by atoms with Gasteiger partial charge in [-0.15, -0.1) is 11.3 Å². The summed E-state index contributed by atoms with van der Waals surface area (Å²) in [6.45, 7) is 0. The lowest BCUT2D eigenvalue weighted by Crippen LogP contribution is -1.84. The smallest absolute Gasteiger partial charge is 0.160 e. The minimum Gasteiger partial charge on any atom is -0.298 e. The third-order valence-corrected chi connectivity index (χ3v) is 2.99. The number of rotatable bonds is 3. The lowest BCUT2D eigenvalue weighted by atomic mass is 10.0. The van der Waals surface area contributed by atoms with Crippen LogP contribution < -0.4 is 0 Å². The number of carbonyl (C=O) groups is 2. The molecule has 0 aliphatic rings. The van der Waals surface area contributed by atoms with Crippen molar-refractivity contribution in [1.29, 1.82) is 0 Å². The molecule has 0 bridgehead atoms. The second kappa shape index (κ2) is 4.19. The summed E-state index contributed by atoms with van der Waals surface area (Å²) in [5, 5.41) is 1.88. The molecule has 1 heterocycles.